The van der Waals surface area contributed by atoms with E-state index in [4.69, 9.17) is 11.6 Å². The monoisotopic (exact) mass is 263 g/mol. The first-order valence-corrected chi connectivity index (χ1v) is 6.61. The third-order valence-corrected chi connectivity index (χ3v) is 3.80. The standard InChI is InChI=1S/C15H18ClNO/c1-11(2)10-17-14(18)15(7-4-8-15)12-5-3-6-13(16)9-12/h3,5-6,9H,1,4,7-8,10H2,2H3,(H,17,18). The molecule has 1 aliphatic carbocycles. The van der Waals surface area contributed by atoms with E-state index in [1.807, 2.05) is 31.2 Å². The smallest absolute Gasteiger partial charge is 0.230 e. The molecule has 18 heavy (non-hydrogen) atoms. The second-order valence-corrected chi connectivity index (χ2v) is 5.52. The van der Waals surface area contributed by atoms with Crippen molar-refractivity contribution in [3.05, 3.63) is 47.0 Å². The average Bonchev–Trinajstić information content (AvgIpc) is 2.25. The Morgan fingerprint density at radius 3 is 2.72 bits per heavy atom. The summed E-state index contributed by atoms with van der Waals surface area (Å²) in [6.07, 6.45) is 2.89. The van der Waals surface area contributed by atoms with Gasteiger partial charge in [0.1, 0.15) is 0 Å². The number of amides is 1. The van der Waals surface area contributed by atoms with E-state index in [1.165, 1.54) is 0 Å². The van der Waals surface area contributed by atoms with Crippen molar-refractivity contribution >= 4 is 17.5 Å². The third-order valence-electron chi connectivity index (χ3n) is 3.57. The fourth-order valence-corrected chi connectivity index (χ4v) is 2.55. The van der Waals surface area contributed by atoms with Crippen LogP contribution in [0.5, 0.6) is 0 Å². The Bertz CT molecular complexity index is 477. The molecule has 1 fully saturated rings. The van der Waals surface area contributed by atoms with Gasteiger partial charge in [0, 0.05) is 11.6 Å². The van der Waals surface area contributed by atoms with Gasteiger partial charge in [-0.15, -0.1) is 0 Å². The lowest BCUT2D eigenvalue weighted by atomic mass is 9.64. The van der Waals surface area contributed by atoms with Crippen LogP contribution < -0.4 is 5.32 Å². The molecule has 1 aliphatic rings. The summed E-state index contributed by atoms with van der Waals surface area (Å²) in [5.74, 6) is 0.0963. The number of carbonyl (C=O) groups is 1. The van der Waals surface area contributed by atoms with Crippen LogP contribution in [0.2, 0.25) is 5.02 Å². The van der Waals surface area contributed by atoms with E-state index in [-0.39, 0.29) is 11.3 Å². The average molecular weight is 264 g/mol. The van der Waals surface area contributed by atoms with Gasteiger partial charge in [0.25, 0.3) is 0 Å². The van der Waals surface area contributed by atoms with Crippen molar-refractivity contribution in [1.29, 1.82) is 0 Å². The first kappa shape index (κ1) is 13.2. The predicted octanol–water partition coefficient (Wildman–Crippen LogP) is 3.45. The van der Waals surface area contributed by atoms with Crippen molar-refractivity contribution in [3.63, 3.8) is 0 Å². The summed E-state index contributed by atoms with van der Waals surface area (Å²) in [7, 11) is 0. The van der Waals surface area contributed by atoms with Crippen LogP contribution in [0.3, 0.4) is 0 Å². The molecule has 1 amide bonds. The number of halogens is 1. The molecular formula is C15H18ClNO. The summed E-state index contributed by atoms with van der Waals surface area (Å²) in [6, 6.07) is 7.64. The minimum atomic E-state index is -0.375. The van der Waals surface area contributed by atoms with Gasteiger partial charge in [0.05, 0.1) is 5.41 Å². The molecule has 1 aromatic carbocycles. The molecule has 0 saturated heterocycles. The van der Waals surface area contributed by atoms with Crippen LogP contribution in [0.25, 0.3) is 0 Å². The van der Waals surface area contributed by atoms with Crippen LogP contribution in [-0.2, 0) is 10.2 Å². The molecular weight excluding hydrogens is 246 g/mol. The molecule has 0 aliphatic heterocycles. The number of rotatable bonds is 4. The topological polar surface area (TPSA) is 29.1 Å². The molecule has 3 heteroatoms. The molecule has 1 aromatic rings. The lowest BCUT2D eigenvalue weighted by molar-refractivity contribution is -0.129. The highest BCUT2D eigenvalue weighted by molar-refractivity contribution is 6.30. The highest BCUT2D eigenvalue weighted by Gasteiger charge is 2.45. The number of hydrogen-bond donors (Lipinski definition) is 1. The van der Waals surface area contributed by atoms with Crippen LogP contribution in [0.15, 0.2) is 36.4 Å². The fraction of sp³-hybridized carbons (Fsp3) is 0.400. The Labute approximate surface area is 113 Å². The minimum absolute atomic E-state index is 0.0963. The van der Waals surface area contributed by atoms with E-state index in [2.05, 4.69) is 11.9 Å². The maximum Gasteiger partial charge on any atom is 0.230 e. The molecule has 2 rings (SSSR count). The number of carbonyl (C=O) groups excluding carboxylic acids is 1. The number of benzene rings is 1. The SMILES string of the molecule is C=C(C)CNC(=O)C1(c2cccc(Cl)c2)CCC1. The summed E-state index contributed by atoms with van der Waals surface area (Å²) in [5.41, 5.74) is 1.62. The largest absolute Gasteiger partial charge is 0.352 e. The van der Waals surface area contributed by atoms with Gasteiger partial charge in [0.15, 0.2) is 0 Å². The van der Waals surface area contributed by atoms with Gasteiger partial charge in [0.2, 0.25) is 5.91 Å². The first-order valence-electron chi connectivity index (χ1n) is 6.23. The van der Waals surface area contributed by atoms with Gasteiger partial charge in [-0.25, -0.2) is 0 Å². The van der Waals surface area contributed by atoms with E-state index >= 15 is 0 Å². The van der Waals surface area contributed by atoms with Gasteiger partial charge in [-0.2, -0.15) is 0 Å². The Morgan fingerprint density at radius 1 is 1.50 bits per heavy atom. The van der Waals surface area contributed by atoms with E-state index in [9.17, 15) is 4.79 Å². The highest BCUT2D eigenvalue weighted by Crippen LogP contribution is 2.44. The van der Waals surface area contributed by atoms with Crippen molar-refractivity contribution < 1.29 is 4.79 Å². The lowest BCUT2D eigenvalue weighted by Crippen LogP contribution is -2.49. The van der Waals surface area contributed by atoms with E-state index in [1.54, 1.807) is 0 Å². The van der Waals surface area contributed by atoms with Crippen molar-refractivity contribution in [2.24, 2.45) is 0 Å². The molecule has 0 atom stereocenters. The maximum absolute atomic E-state index is 12.4. The van der Waals surface area contributed by atoms with Crippen LogP contribution in [0.4, 0.5) is 0 Å². The first-order chi connectivity index (χ1) is 8.54. The molecule has 1 saturated carbocycles. The van der Waals surface area contributed by atoms with E-state index in [0.717, 1.165) is 30.4 Å². The Balaban J connectivity index is 2.20. The van der Waals surface area contributed by atoms with Crippen molar-refractivity contribution in [2.45, 2.75) is 31.6 Å². The Kier molecular flexibility index (Phi) is 3.76. The minimum Gasteiger partial charge on any atom is -0.352 e. The third kappa shape index (κ3) is 2.44. The molecule has 0 aromatic heterocycles. The van der Waals surface area contributed by atoms with Crippen LogP contribution in [0.1, 0.15) is 31.7 Å². The second kappa shape index (κ2) is 5.15. The molecule has 96 valence electrons. The van der Waals surface area contributed by atoms with Gasteiger partial charge in [-0.1, -0.05) is 42.3 Å². The molecule has 1 N–H and O–H groups in total. The van der Waals surface area contributed by atoms with Crippen LogP contribution >= 0.6 is 11.6 Å². The summed E-state index contributed by atoms with van der Waals surface area (Å²) in [4.78, 5) is 12.4. The lowest BCUT2D eigenvalue weighted by Gasteiger charge is -2.40. The summed E-state index contributed by atoms with van der Waals surface area (Å²) >= 11 is 6.02. The van der Waals surface area contributed by atoms with Crippen LogP contribution in [-0.4, -0.2) is 12.5 Å². The molecule has 0 unspecified atom stereocenters. The summed E-state index contributed by atoms with van der Waals surface area (Å²) < 4.78 is 0. The fourth-order valence-electron chi connectivity index (χ4n) is 2.36. The maximum atomic E-state index is 12.4. The van der Waals surface area contributed by atoms with E-state index in [0.29, 0.717) is 11.6 Å². The predicted molar refractivity (Wildman–Crippen MR) is 74.8 cm³/mol. The zero-order valence-electron chi connectivity index (χ0n) is 10.6. The Morgan fingerprint density at radius 2 is 2.22 bits per heavy atom. The van der Waals surface area contributed by atoms with Gasteiger partial charge in [-0.3, -0.25) is 4.79 Å². The molecule has 0 spiro atoms. The van der Waals surface area contributed by atoms with Gasteiger partial charge < -0.3 is 5.32 Å². The van der Waals surface area contributed by atoms with Crippen LogP contribution in [0, 0.1) is 0 Å². The van der Waals surface area contributed by atoms with Crippen molar-refractivity contribution in [3.8, 4) is 0 Å². The molecule has 0 radical (unpaired) electrons. The molecule has 2 nitrogen and oxygen atoms in total. The van der Waals surface area contributed by atoms with Crippen molar-refractivity contribution in [1.82, 2.24) is 5.32 Å². The zero-order chi connectivity index (χ0) is 13.2. The summed E-state index contributed by atoms with van der Waals surface area (Å²) in [6.45, 7) is 6.26. The zero-order valence-corrected chi connectivity index (χ0v) is 11.4. The number of hydrogen-bond acceptors (Lipinski definition) is 1. The molecule has 0 bridgehead atoms. The number of nitrogens with one attached hydrogen (secondary N) is 1. The second-order valence-electron chi connectivity index (χ2n) is 5.09. The normalized spacial score (nSPS) is 16.8. The van der Waals surface area contributed by atoms with E-state index < -0.39 is 0 Å². The summed E-state index contributed by atoms with van der Waals surface area (Å²) in [5, 5.41) is 3.65. The Hall–Kier alpha value is -1.28. The van der Waals surface area contributed by atoms with Gasteiger partial charge in [-0.05, 0) is 37.5 Å². The quantitative estimate of drug-likeness (QED) is 0.829. The van der Waals surface area contributed by atoms with Gasteiger partial charge >= 0.3 is 0 Å². The molecule has 0 heterocycles. The van der Waals surface area contributed by atoms with Crippen molar-refractivity contribution in [2.75, 3.05) is 6.54 Å². The highest BCUT2D eigenvalue weighted by atomic mass is 35.5.